The predicted molar refractivity (Wildman–Crippen MR) is 201 cm³/mol. The highest BCUT2D eigenvalue weighted by Crippen LogP contribution is 2.58. The molecule has 0 bridgehead atoms. The zero-order valence-electron chi connectivity index (χ0n) is 32.0. The van der Waals surface area contributed by atoms with Crippen LogP contribution in [0.2, 0.25) is 0 Å². The molecule has 9 heteroatoms. The van der Waals surface area contributed by atoms with Crippen LogP contribution in [0.1, 0.15) is 104 Å². The van der Waals surface area contributed by atoms with Gasteiger partial charge < -0.3 is 18.8 Å². The Balaban J connectivity index is 1.52. The molecule has 52 heavy (non-hydrogen) atoms. The van der Waals surface area contributed by atoms with Crippen LogP contribution < -0.4 is 0 Å². The second-order valence-corrected chi connectivity index (χ2v) is 16.6. The molecule has 1 heterocycles. The number of rotatable bonds is 10. The number of aromatic nitrogens is 2. The van der Waals surface area contributed by atoms with Crippen molar-refractivity contribution in [1.82, 2.24) is 14.5 Å². The Hall–Kier alpha value is -4.92. The van der Waals surface area contributed by atoms with Gasteiger partial charge in [-0.1, -0.05) is 91.0 Å². The van der Waals surface area contributed by atoms with Gasteiger partial charge in [0.25, 0.3) is 0 Å². The third-order valence-corrected chi connectivity index (χ3v) is 9.03. The van der Waals surface area contributed by atoms with Gasteiger partial charge in [0.1, 0.15) is 27.8 Å². The molecule has 2 unspecified atom stereocenters. The molecule has 2 atom stereocenters. The van der Waals surface area contributed by atoms with E-state index in [1.165, 1.54) is 0 Å². The Morgan fingerprint density at radius 1 is 0.692 bits per heavy atom. The van der Waals surface area contributed by atoms with Crippen molar-refractivity contribution in [2.75, 3.05) is 6.54 Å². The molecular formula is C43H53N3O6. The lowest BCUT2D eigenvalue weighted by Crippen LogP contribution is -2.44. The standard InChI is InChI=1S/C43H53N3O6/c1-39(2,3)50-36(47)42(28-34(42)26-19-27-46(37(48)51-40(4,5)6)38(49)52-41(7,8)9)35-29-45(30-44-35)43(31-20-13-10-14-21-31,32-22-15-11-16-23-32)33-24-17-12-18-25-33/h10-18,20-25,29-30,34H,19,26-28H2,1-9H3. The van der Waals surface area contributed by atoms with Crippen LogP contribution in [0.3, 0.4) is 0 Å². The quantitative estimate of drug-likeness (QED) is 0.0920. The van der Waals surface area contributed by atoms with E-state index in [9.17, 15) is 14.4 Å². The first-order valence-corrected chi connectivity index (χ1v) is 18.1. The SMILES string of the molecule is CC(C)(C)OC(=O)N(CCCC1CC1(C(=O)OC(C)(C)C)c1cn(C(c2ccccc2)(c2ccccc2)c2ccccc2)cn1)C(=O)OC(C)(C)C. The van der Waals surface area contributed by atoms with Gasteiger partial charge in [0.2, 0.25) is 0 Å². The molecule has 276 valence electrons. The molecule has 0 saturated heterocycles. The number of imide groups is 1. The minimum absolute atomic E-state index is 0.0678. The zero-order valence-corrected chi connectivity index (χ0v) is 32.0. The molecule has 4 aromatic rings. The number of benzene rings is 3. The summed E-state index contributed by atoms with van der Waals surface area (Å²) in [5.41, 5.74) is -0.369. The van der Waals surface area contributed by atoms with Crippen molar-refractivity contribution in [2.24, 2.45) is 5.92 Å². The van der Waals surface area contributed by atoms with E-state index in [1.807, 2.05) is 87.9 Å². The largest absolute Gasteiger partial charge is 0.459 e. The molecule has 1 aliphatic rings. The number of hydrogen-bond donors (Lipinski definition) is 0. The summed E-state index contributed by atoms with van der Waals surface area (Å²) >= 11 is 0. The molecule has 0 spiro atoms. The van der Waals surface area contributed by atoms with Crippen LogP contribution in [0.4, 0.5) is 9.59 Å². The Kier molecular flexibility index (Phi) is 10.8. The summed E-state index contributed by atoms with van der Waals surface area (Å²) in [6.07, 6.45) is 3.75. The lowest BCUT2D eigenvalue weighted by Gasteiger charge is -2.37. The van der Waals surface area contributed by atoms with E-state index in [1.54, 1.807) is 41.5 Å². The maximum Gasteiger partial charge on any atom is 0.419 e. The molecule has 1 fully saturated rings. The Labute approximate surface area is 308 Å². The van der Waals surface area contributed by atoms with Gasteiger partial charge in [-0.25, -0.2) is 19.5 Å². The van der Waals surface area contributed by atoms with Crippen molar-refractivity contribution in [1.29, 1.82) is 0 Å². The first-order chi connectivity index (χ1) is 24.4. The fraction of sp³-hybridized carbons (Fsp3) is 0.442. The van der Waals surface area contributed by atoms with E-state index in [0.717, 1.165) is 21.6 Å². The third kappa shape index (κ3) is 8.41. The van der Waals surface area contributed by atoms with Crippen LogP contribution in [0.5, 0.6) is 0 Å². The molecule has 5 rings (SSSR count). The van der Waals surface area contributed by atoms with Crippen LogP contribution >= 0.6 is 0 Å². The summed E-state index contributed by atoms with van der Waals surface area (Å²) in [5.74, 6) is -0.472. The second-order valence-electron chi connectivity index (χ2n) is 16.6. The van der Waals surface area contributed by atoms with E-state index in [4.69, 9.17) is 19.2 Å². The van der Waals surface area contributed by atoms with E-state index >= 15 is 0 Å². The molecule has 3 aromatic carbocycles. The molecule has 9 nitrogen and oxygen atoms in total. The van der Waals surface area contributed by atoms with Gasteiger partial charge in [-0.15, -0.1) is 0 Å². The van der Waals surface area contributed by atoms with Gasteiger partial charge in [-0.2, -0.15) is 0 Å². The van der Waals surface area contributed by atoms with Crippen LogP contribution in [-0.4, -0.2) is 56.0 Å². The molecule has 0 N–H and O–H groups in total. The average Bonchev–Trinajstić information content (AvgIpc) is 3.58. The highest BCUT2D eigenvalue weighted by Gasteiger charge is 2.64. The molecular weight excluding hydrogens is 654 g/mol. The Morgan fingerprint density at radius 3 is 1.52 bits per heavy atom. The second kappa shape index (κ2) is 14.6. The monoisotopic (exact) mass is 707 g/mol. The molecule has 0 radical (unpaired) electrons. The molecule has 2 amide bonds. The Bertz CT molecular complexity index is 1710. The number of carbonyl (C=O) groups is 3. The average molecular weight is 708 g/mol. The molecule has 0 aliphatic heterocycles. The third-order valence-electron chi connectivity index (χ3n) is 9.03. The first kappa shape index (κ1) is 38.3. The Morgan fingerprint density at radius 2 is 1.12 bits per heavy atom. The van der Waals surface area contributed by atoms with Gasteiger partial charge in [-0.05, 0) is 104 Å². The van der Waals surface area contributed by atoms with Crippen LogP contribution in [-0.2, 0) is 30.0 Å². The number of ether oxygens (including phenoxy) is 3. The molecule has 1 aliphatic carbocycles. The fourth-order valence-corrected chi connectivity index (χ4v) is 6.82. The van der Waals surface area contributed by atoms with Gasteiger partial charge in [0, 0.05) is 12.7 Å². The lowest BCUT2D eigenvalue weighted by atomic mass is 9.76. The fourth-order valence-electron chi connectivity index (χ4n) is 6.82. The van der Waals surface area contributed by atoms with Crippen molar-refractivity contribution in [3.8, 4) is 0 Å². The minimum atomic E-state index is -1.00. The van der Waals surface area contributed by atoms with Crippen molar-refractivity contribution in [3.05, 3.63) is 126 Å². The topological polar surface area (TPSA) is 100.0 Å². The molecule has 1 aromatic heterocycles. The summed E-state index contributed by atoms with van der Waals surface area (Å²) in [5, 5.41) is 0. The predicted octanol–water partition coefficient (Wildman–Crippen LogP) is 9.28. The van der Waals surface area contributed by atoms with E-state index in [0.29, 0.717) is 25.0 Å². The van der Waals surface area contributed by atoms with Gasteiger partial charge >= 0.3 is 18.2 Å². The maximum absolute atomic E-state index is 14.2. The van der Waals surface area contributed by atoms with E-state index in [-0.39, 0.29) is 18.4 Å². The summed E-state index contributed by atoms with van der Waals surface area (Å²) < 4.78 is 19.3. The van der Waals surface area contributed by atoms with Crippen molar-refractivity contribution in [2.45, 2.75) is 109 Å². The van der Waals surface area contributed by atoms with Gasteiger partial charge in [0.15, 0.2) is 0 Å². The summed E-state index contributed by atoms with van der Waals surface area (Å²) in [6.45, 7) is 16.1. The number of hydrogen-bond acceptors (Lipinski definition) is 7. The van der Waals surface area contributed by atoms with Crippen molar-refractivity contribution < 1.29 is 28.6 Å². The van der Waals surface area contributed by atoms with Crippen molar-refractivity contribution >= 4 is 18.2 Å². The zero-order chi connectivity index (χ0) is 38.0. The van der Waals surface area contributed by atoms with Crippen LogP contribution in [0.15, 0.2) is 104 Å². The first-order valence-electron chi connectivity index (χ1n) is 18.1. The van der Waals surface area contributed by atoms with Crippen molar-refractivity contribution in [3.63, 3.8) is 0 Å². The summed E-state index contributed by atoms with van der Waals surface area (Å²) in [6, 6.07) is 30.9. The van der Waals surface area contributed by atoms with Crippen LogP contribution in [0.25, 0.3) is 0 Å². The van der Waals surface area contributed by atoms with E-state index in [2.05, 4.69) is 41.0 Å². The van der Waals surface area contributed by atoms with Gasteiger partial charge in [-0.3, -0.25) is 4.79 Å². The number of amides is 2. The lowest BCUT2D eigenvalue weighted by molar-refractivity contribution is -0.158. The number of carbonyl (C=O) groups excluding carboxylic acids is 3. The number of esters is 1. The minimum Gasteiger partial charge on any atom is -0.459 e. The summed E-state index contributed by atoms with van der Waals surface area (Å²) in [7, 11) is 0. The highest BCUT2D eigenvalue weighted by molar-refractivity contribution is 5.88. The normalized spacial score (nSPS) is 17.6. The van der Waals surface area contributed by atoms with Gasteiger partial charge in [0.05, 0.1) is 12.0 Å². The summed E-state index contributed by atoms with van der Waals surface area (Å²) in [4.78, 5) is 46.5. The van der Waals surface area contributed by atoms with Crippen LogP contribution in [0, 0.1) is 5.92 Å². The smallest absolute Gasteiger partial charge is 0.419 e. The molecule has 1 saturated carbocycles. The highest BCUT2D eigenvalue weighted by atomic mass is 16.6. The maximum atomic E-state index is 14.2. The number of imidazole rings is 1. The number of nitrogens with zero attached hydrogens (tertiary/aromatic N) is 3. The van der Waals surface area contributed by atoms with E-state index < -0.39 is 39.9 Å².